The fourth-order valence-electron chi connectivity index (χ4n) is 4.71. The molecule has 4 aromatic rings. The fraction of sp³-hybridized carbons (Fsp3) is 0.296. The summed E-state index contributed by atoms with van der Waals surface area (Å²) >= 11 is 0. The summed E-state index contributed by atoms with van der Waals surface area (Å²) in [5.74, 6) is 1.26. The molecule has 6 rings (SSSR count). The van der Waals surface area contributed by atoms with Crippen molar-refractivity contribution in [1.82, 2.24) is 25.2 Å². The van der Waals surface area contributed by atoms with Gasteiger partial charge in [0.05, 0.1) is 5.52 Å². The highest BCUT2D eigenvalue weighted by Gasteiger charge is 2.17. The molecule has 3 N–H and O–H groups in total. The molecular weight excluding hydrogens is 438 g/mol. The molecule has 1 fully saturated rings. The molecule has 0 radical (unpaired) electrons. The average Bonchev–Trinajstić information content (AvgIpc) is 2.90. The van der Waals surface area contributed by atoms with Gasteiger partial charge in [0.2, 0.25) is 11.8 Å². The smallest absolute Gasteiger partial charge is 0.237 e. The third kappa shape index (κ3) is 4.62. The Morgan fingerprint density at radius 2 is 1.86 bits per heavy atom. The summed E-state index contributed by atoms with van der Waals surface area (Å²) in [6.45, 7) is 8.83. The van der Waals surface area contributed by atoms with E-state index in [0.29, 0.717) is 18.4 Å². The fourth-order valence-corrected chi connectivity index (χ4v) is 4.71. The highest BCUT2D eigenvalue weighted by Crippen LogP contribution is 2.36. The lowest BCUT2D eigenvalue weighted by Crippen LogP contribution is -2.42. The maximum absolute atomic E-state index is 5.68. The molecule has 0 spiro atoms. The second-order valence-corrected chi connectivity index (χ2v) is 9.07. The van der Waals surface area contributed by atoms with Crippen molar-refractivity contribution in [3.05, 3.63) is 66.0 Å². The summed E-state index contributed by atoms with van der Waals surface area (Å²) < 4.78 is 5.68. The lowest BCUT2D eigenvalue weighted by atomic mass is 10.00. The third-order valence-corrected chi connectivity index (χ3v) is 6.67. The molecule has 2 aliphatic heterocycles. The van der Waals surface area contributed by atoms with Crippen LogP contribution in [0.2, 0.25) is 0 Å². The van der Waals surface area contributed by atoms with Gasteiger partial charge in [-0.05, 0) is 41.8 Å². The van der Waals surface area contributed by atoms with Gasteiger partial charge in [-0.15, -0.1) is 0 Å². The summed E-state index contributed by atoms with van der Waals surface area (Å²) in [6, 6.07) is 14.8. The minimum absolute atomic E-state index is 0.583. The number of anilines is 3. The van der Waals surface area contributed by atoms with E-state index in [-0.39, 0.29) is 0 Å². The van der Waals surface area contributed by atoms with Crippen molar-refractivity contribution >= 4 is 28.2 Å². The van der Waals surface area contributed by atoms with Crippen LogP contribution in [0.5, 0.6) is 5.88 Å². The normalized spacial score (nSPS) is 15.8. The number of piperazine rings is 1. The largest absolute Gasteiger partial charge is 0.474 e. The molecule has 35 heavy (non-hydrogen) atoms. The van der Waals surface area contributed by atoms with Crippen molar-refractivity contribution in [3.63, 3.8) is 0 Å². The van der Waals surface area contributed by atoms with Crippen molar-refractivity contribution in [2.75, 3.05) is 50.0 Å². The maximum Gasteiger partial charge on any atom is 0.237 e. The second-order valence-electron chi connectivity index (χ2n) is 9.07. The first-order valence-electron chi connectivity index (χ1n) is 12.2. The Bertz CT molecular complexity index is 1350. The SMILES string of the molecule is Cc1c(-c2ccc3cnc(Nc4ccc(CN5CCNCC5)cc4)nc3c2)cnc2c1NCCO2. The Kier molecular flexibility index (Phi) is 5.89. The average molecular weight is 468 g/mol. The lowest BCUT2D eigenvalue weighted by Gasteiger charge is -2.27. The number of nitrogens with one attached hydrogen (secondary N) is 3. The zero-order valence-electron chi connectivity index (χ0n) is 19.8. The minimum Gasteiger partial charge on any atom is -0.474 e. The molecule has 0 atom stereocenters. The Labute approximate surface area is 204 Å². The van der Waals surface area contributed by atoms with Crippen LogP contribution in [0.4, 0.5) is 17.3 Å². The number of aromatic nitrogens is 3. The predicted octanol–water partition coefficient (Wildman–Crippen LogP) is 3.95. The molecule has 0 amide bonds. The predicted molar refractivity (Wildman–Crippen MR) is 139 cm³/mol. The van der Waals surface area contributed by atoms with Crippen molar-refractivity contribution < 1.29 is 4.74 Å². The Morgan fingerprint density at radius 1 is 1.00 bits per heavy atom. The summed E-state index contributed by atoms with van der Waals surface area (Å²) in [4.78, 5) is 16.3. The quantitative estimate of drug-likeness (QED) is 0.407. The first-order valence-corrected chi connectivity index (χ1v) is 12.2. The Hall–Kier alpha value is -3.75. The molecule has 2 aromatic heterocycles. The van der Waals surface area contributed by atoms with Gasteiger partial charge in [0, 0.05) is 68.3 Å². The molecule has 8 heteroatoms. The van der Waals surface area contributed by atoms with E-state index in [4.69, 9.17) is 9.72 Å². The molecule has 0 unspecified atom stereocenters. The van der Waals surface area contributed by atoms with E-state index in [0.717, 1.165) is 78.2 Å². The van der Waals surface area contributed by atoms with Gasteiger partial charge in [-0.2, -0.15) is 0 Å². The molecule has 0 bridgehead atoms. The first-order chi connectivity index (χ1) is 17.2. The van der Waals surface area contributed by atoms with Gasteiger partial charge in [-0.1, -0.05) is 24.3 Å². The van der Waals surface area contributed by atoms with Gasteiger partial charge < -0.3 is 20.7 Å². The number of hydrogen-bond donors (Lipinski definition) is 3. The van der Waals surface area contributed by atoms with E-state index in [1.165, 1.54) is 5.56 Å². The van der Waals surface area contributed by atoms with Gasteiger partial charge in [-0.3, -0.25) is 4.90 Å². The summed E-state index contributed by atoms with van der Waals surface area (Å²) in [5, 5.41) is 11.2. The van der Waals surface area contributed by atoms with Gasteiger partial charge in [0.25, 0.3) is 0 Å². The molecule has 4 heterocycles. The van der Waals surface area contributed by atoms with Crippen molar-refractivity contribution in [3.8, 4) is 17.0 Å². The van der Waals surface area contributed by atoms with Crippen LogP contribution in [-0.2, 0) is 6.54 Å². The molecule has 2 aliphatic rings. The van der Waals surface area contributed by atoms with E-state index >= 15 is 0 Å². The van der Waals surface area contributed by atoms with E-state index in [2.05, 4.69) is 80.2 Å². The molecular formula is C27H29N7O. The van der Waals surface area contributed by atoms with Gasteiger partial charge in [-0.25, -0.2) is 15.0 Å². The lowest BCUT2D eigenvalue weighted by molar-refractivity contribution is 0.233. The van der Waals surface area contributed by atoms with Crippen LogP contribution in [0.1, 0.15) is 11.1 Å². The van der Waals surface area contributed by atoms with Crippen molar-refractivity contribution in [2.45, 2.75) is 13.5 Å². The highest BCUT2D eigenvalue weighted by atomic mass is 16.5. The van der Waals surface area contributed by atoms with Gasteiger partial charge in [0.1, 0.15) is 12.3 Å². The second kappa shape index (κ2) is 9.48. The summed E-state index contributed by atoms with van der Waals surface area (Å²) in [6.07, 6.45) is 3.74. The van der Waals surface area contributed by atoms with Crippen LogP contribution < -0.4 is 20.7 Å². The topological polar surface area (TPSA) is 87.2 Å². The molecule has 2 aromatic carbocycles. The molecule has 0 aliphatic carbocycles. The van der Waals surface area contributed by atoms with Crippen LogP contribution in [-0.4, -0.2) is 59.2 Å². The van der Waals surface area contributed by atoms with Crippen LogP contribution in [0, 0.1) is 6.92 Å². The number of rotatable bonds is 5. The van der Waals surface area contributed by atoms with Crippen molar-refractivity contribution in [2.24, 2.45) is 0 Å². The van der Waals surface area contributed by atoms with E-state index < -0.39 is 0 Å². The van der Waals surface area contributed by atoms with E-state index in [9.17, 15) is 0 Å². The molecule has 178 valence electrons. The number of nitrogens with zero attached hydrogens (tertiary/aromatic N) is 4. The standard InChI is InChI=1S/C27H29N7O/c1-18-23(16-30-26-25(18)29-10-13-35-26)20-4-5-21-15-31-27(33-24(21)14-20)32-22-6-2-19(3-7-22)17-34-11-8-28-9-12-34/h2-7,14-16,28-29H,8-13,17H2,1H3,(H,31,32,33). The summed E-state index contributed by atoms with van der Waals surface area (Å²) in [5.41, 5.74) is 7.41. The minimum atomic E-state index is 0.583. The third-order valence-electron chi connectivity index (χ3n) is 6.67. The van der Waals surface area contributed by atoms with Crippen LogP contribution in [0.15, 0.2) is 54.9 Å². The zero-order valence-corrected chi connectivity index (χ0v) is 19.8. The van der Waals surface area contributed by atoms with Crippen LogP contribution in [0.25, 0.3) is 22.0 Å². The molecule has 0 saturated carbocycles. The molecule has 1 saturated heterocycles. The number of ether oxygens (including phenoxy) is 1. The number of fused-ring (bicyclic) bond motifs is 2. The van der Waals surface area contributed by atoms with Gasteiger partial charge in [0.15, 0.2) is 0 Å². The first kappa shape index (κ1) is 21.8. The number of benzene rings is 2. The van der Waals surface area contributed by atoms with Crippen molar-refractivity contribution in [1.29, 1.82) is 0 Å². The maximum atomic E-state index is 5.68. The van der Waals surface area contributed by atoms with Gasteiger partial charge >= 0.3 is 0 Å². The Balaban J connectivity index is 1.22. The van der Waals surface area contributed by atoms with E-state index in [1.807, 2.05) is 12.4 Å². The summed E-state index contributed by atoms with van der Waals surface area (Å²) in [7, 11) is 0. The zero-order chi connectivity index (χ0) is 23.6. The van der Waals surface area contributed by atoms with Crippen LogP contribution in [0.3, 0.4) is 0 Å². The monoisotopic (exact) mass is 467 g/mol. The number of hydrogen-bond acceptors (Lipinski definition) is 8. The highest BCUT2D eigenvalue weighted by molar-refractivity contribution is 5.86. The molecule has 8 nitrogen and oxygen atoms in total. The van der Waals surface area contributed by atoms with E-state index in [1.54, 1.807) is 0 Å². The Morgan fingerprint density at radius 3 is 2.71 bits per heavy atom. The van der Waals surface area contributed by atoms with Crippen LogP contribution >= 0.6 is 0 Å². The number of pyridine rings is 1.